The highest BCUT2D eigenvalue weighted by atomic mass is 16.3. The van der Waals surface area contributed by atoms with E-state index in [0.717, 1.165) is 16.8 Å². The zero-order valence-corrected chi connectivity index (χ0v) is 16.7. The Bertz CT molecular complexity index is 1410. The Labute approximate surface area is 179 Å². The van der Waals surface area contributed by atoms with Gasteiger partial charge in [0.15, 0.2) is 0 Å². The minimum absolute atomic E-state index is 0.0747. The number of para-hydroxylation sites is 1. The highest BCUT2D eigenvalue weighted by Gasteiger charge is 2.26. The van der Waals surface area contributed by atoms with Crippen LogP contribution >= 0.6 is 0 Å². The summed E-state index contributed by atoms with van der Waals surface area (Å²) in [4.78, 5) is 13.4. The second-order valence-electron chi connectivity index (χ2n) is 7.30. The molecule has 0 radical (unpaired) electrons. The number of aromatic hydroxyl groups is 1. The number of hydrogen-bond acceptors (Lipinski definition) is 3. The van der Waals surface area contributed by atoms with Crippen LogP contribution in [0, 0.1) is 0 Å². The minimum Gasteiger partial charge on any atom is -0.477 e. The first kappa shape index (κ1) is 18.8. The van der Waals surface area contributed by atoms with Crippen LogP contribution in [0.4, 0.5) is 0 Å². The molecule has 150 valence electrons. The SMILES string of the molecule is O=c1c(Cc2ccccc2)c(O)[n+](-c2ccccc2)c2ccc(-c3ccccc3)nn12. The van der Waals surface area contributed by atoms with Crippen LogP contribution in [0.5, 0.6) is 5.88 Å². The van der Waals surface area contributed by atoms with Crippen molar-refractivity contribution < 1.29 is 9.67 Å². The fourth-order valence-corrected chi connectivity index (χ4v) is 3.75. The van der Waals surface area contributed by atoms with Crippen molar-refractivity contribution in [2.75, 3.05) is 0 Å². The molecule has 2 heterocycles. The molecule has 3 aromatic carbocycles. The summed E-state index contributed by atoms with van der Waals surface area (Å²) in [6.07, 6.45) is 0.304. The molecule has 31 heavy (non-hydrogen) atoms. The molecule has 0 saturated heterocycles. The lowest BCUT2D eigenvalue weighted by molar-refractivity contribution is -0.581. The summed E-state index contributed by atoms with van der Waals surface area (Å²) in [5.41, 5.74) is 3.75. The molecular formula is C26H20N3O2+. The number of aromatic nitrogens is 3. The van der Waals surface area contributed by atoms with E-state index in [4.69, 9.17) is 0 Å². The topological polar surface area (TPSA) is 58.5 Å². The van der Waals surface area contributed by atoms with E-state index in [9.17, 15) is 9.90 Å². The molecule has 5 rings (SSSR count). The third-order valence-electron chi connectivity index (χ3n) is 5.28. The van der Waals surface area contributed by atoms with Gasteiger partial charge in [-0.05, 0) is 23.8 Å². The van der Waals surface area contributed by atoms with Crippen molar-refractivity contribution in [3.05, 3.63) is 125 Å². The first-order valence-electron chi connectivity index (χ1n) is 10.1. The minimum atomic E-state index is -0.332. The predicted octanol–water partition coefficient (Wildman–Crippen LogP) is 3.93. The van der Waals surface area contributed by atoms with Crippen molar-refractivity contribution in [3.63, 3.8) is 0 Å². The van der Waals surface area contributed by atoms with Gasteiger partial charge in [0.05, 0.1) is 0 Å². The molecule has 2 aromatic heterocycles. The van der Waals surface area contributed by atoms with Crippen LogP contribution in [0.2, 0.25) is 0 Å². The fraction of sp³-hybridized carbons (Fsp3) is 0.0385. The van der Waals surface area contributed by atoms with Crippen molar-refractivity contribution in [2.45, 2.75) is 6.42 Å². The molecule has 0 bridgehead atoms. The van der Waals surface area contributed by atoms with Gasteiger partial charge in [-0.3, -0.25) is 0 Å². The lowest BCUT2D eigenvalue weighted by Crippen LogP contribution is -2.40. The van der Waals surface area contributed by atoms with E-state index in [1.54, 1.807) is 4.57 Å². The zero-order valence-electron chi connectivity index (χ0n) is 16.7. The Morgan fingerprint density at radius 1 is 0.774 bits per heavy atom. The number of hydrogen-bond donors (Lipinski definition) is 1. The van der Waals surface area contributed by atoms with Crippen LogP contribution in [-0.4, -0.2) is 14.7 Å². The third kappa shape index (κ3) is 3.46. The lowest BCUT2D eigenvalue weighted by Gasteiger charge is -2.10. The van der Waals surface area contributed by atoms with Gasteiger partial charge in [-0.15, -0.1) is 0 Å². The van der Waals surface area contributed by atoms with E-state index < -0.39 is 0 Å². The first-order chi connectivity index (χ1) is 15.2. The van der Waals surface area contributed by atoms with Crippen LogP contribution < -0.4 is 10.1 Å². The average Bonchev–Trinajstić information content (AvgIpc) is 2.84. The molecule has 0 atom stereocenters. The van der Waals surface area contributed by atoms with Gasteiger partial charge in [0.2, 0.25) is 0 Å². The summed E-state index contributed by atoms with van der Waals surface area (Å²) >= 11 is 0. The van der Waals surface area contributed by atoms with Gasteiger partial charge in [0, 0.05) is 18.1 Å². The van der Waals surface area contributed by atoms with Crippen LogP contribution in [0.15, 0.2) is 108 Å². The van der Waals surface area contributed by atoms with Gasteiger partial charge in [-0.1, -0.05) is 88.5 Å². The van der Waals surface area contributed by atoms with Crippen molar-refractivity contribution in [1.82, 2.24) is 9.61 Å². The van der Waals surface area contributed by atoms with Gasteiger partial charge in [0.1, 0.15) is 16.9 Å². The van der Waals surface area contributed by atoms with Gasteiger partial charge in [-0.25, -0.2) is 4.79 Å². The van der Waals surface area contributed by atoms with Gasteiger partial charge in [-0.2, -0.15) is 4.57 Å². The maximum atomic E-state index is 13.4. The van der Waals surface area contributed by atoms with Gasteiger partial charge >= 0.3 is 11.2 Å². The number of fused-ring (bicyclic) bond motifs is 1. The van der Waals surface area contributed by atoms with E-state index in [1.807, 2.05) is 103 Å². The van der Waals surface area contributed by atoms with Crippen LogP contribution in [0.25, 0.3) is 22.6 Å². The molecule has 0 aliphatic carbocycles. The van der Waals surface area contributed by atoms with E-state index in [1.165, 1.54) is 4.52 Å². The number of nitrogens with zero attached hydrogens (tertiary/aromatic N) is 3. The highest BCUT2D eigenvalue weighted by Crippen LogP contribution is 2.20. The molecule has 0 spiro atoms. The van der Waals surface area contributed by atoms with Crippen molar-refractivity contribution in [3.8, 4) is 22.8 Å². The summed E-state index contributed by atoms with van der Waals surface area (Å²) in [7, 11) is 0. The molecule has 0 unspecified atom stereocenters. The Hall–Kier alpha value is -4.25. The molecule has 1 N–H and O–H groups in total. The third-order valence-corrected chi connectivity index (χ3v) is 5.28. The maximum Gasteiger partial charge on any atom is 0.370 e. The Morgan fingerprint density at radius 2 is 1.39 bits per heavy atom. The van der Waals surface area contributed by atoms with Gasteiger partial charge in [0.25, 0.3) is 5.88 Å². The summed E-state index contributed by atoms with van der Waals surface area (Å²) in [6, 6.07) is 32.5. The number of benzene rings is 3. The largest absolute Gasteiger partial charge is 0.477 e. The molecule has 0 aliphatic rings. The summed E-state index contributed by atoms with van der Waals surface area (Å²) in [6.45, 7) is 0. The Balaban J connectivity index is 1.80. The molecule has 0 fully saturated rings. The monoisotopic (exact) mass is 406 g/mol. The standard InChI is InChI=1S/C26H19N3O2/c30-25-22(18-19-10-4-1-5-11-19)26(31)29-24(28(25)21-14-8-3-9-15-21)17-16-23(27-29)20-12-6-2-7-13-20/h1-17H,18H2/p+1. The van der Waals surface area contributed by atoms with Crippen molar-refractivity contribution in [2.24, 2.45) is 0 Å². The normalized spacial score (nSPS) is 11.0. The van der Waals surface area contributed by atoms with E-state index in [0.29, 0.717) is 23.3 Å². The fourth-order valence-electron chi connectivity index (χ4n) is 3.75. The second-order valence-corrected chi connectivity index (χ2v) is 7.30. The first-order valence-corrected chi connectivity index (χ1v) is 10.1. The van der Waals surface area contributed by atoms with E-state index >= 15 is 0 Å². The Morgan fingerprint density at radius 3 is 2.06 bits per heavy atom. The smallest absolute Gasteiger partial charge is 0.370 e. The van der Waals surface area contributed by atoms with E-state index in [2.05, 4.69) is 5.10 Å². The second kappa shape index (κ2) is 7.88. The summed E-state index contributed by atoms with van der Waals surface area (Å²) in [5.74, 6) is -0.0747. The molecule has 5 aromatic rings. The molecule has 5 heteroatoms. The van der Waals surface area contributed by atoms with E-state index in [-0.39, 0.29) is 11.4 Å². The highest BCUT2D eigenvalue weighted by molar-refractivity contribution is 5.59. The van der Waals surface area contributed by atoms with Crippen LogP contribution in [-0.2, 0) is 6.42 Å². The average molecular weight is 406 g/mol. The molecule has 5 nitrogen and oxygen atoms in total. The Kier molecular flexibility index (Phi) is 4.77. The van der Waals surface area contributed by atoms with Crippen LogP contribution in [0.3, 0.4) is 0 Å². The maximum absolute atomic E-state index is 13.4. The molecule has 0 saturated carbocycles. The lowest BCUT2D eigenvalue weighted by atomic mass is 10.1. The molecule has 0 aliphatic heterocycles. The van der Waals surface area contributed by atoms with Crippen LogP contribution in [0.1, 0.15) is 11.1 Å². The zero-order chi connectivity index (χ0) is 21.2. The summed E-state index contributed by atoms with van der Waals surface area (Å²) < 4.78 is 3.05. The van der Waals surface area contributed by atoms with Crippen molar-refractivity contribution in [1.29, 1.82) is 0 Å². The molecular weight excluding hydrogens is 386 g/mol. The van der Waals surface area contributed by atoms with Gasteiger partial charge < -0.3 is 5.11 Å². The quantitative estimate of drug-likeness (QED) is 0.460. The molecule has 0 amide bonds. The summed E-state index contributed by atoms with van der Waals surface area (Å²) in [5, 5.41) is 15.8. The number of rotatable bonds is 4. The predicted molar refractivity (Wildman–Crippen MR) is 119 cm³/mol. The van der Waals surface area contributed by atoms with Crippen molar-refractivity contribution >= 4 is 5.65 Å².